The summed E-state index contributed by atoms with van der Waals surface area (Å²) in [7, 11) is -3.96. The predicted molar refractivity (Wildman–Crippen MR) is 129 cm³/mol. The van der Waals surface area contributed by atoms with Gasteiger partial charge in [0.15, 0.2) is 0 Å². The van der Waals surface area contributed by atoms with Gasteiger partial charge < -0.3 is 9.15 Å². The lowest BCUT2D eigenvalue weighted by atomic mass is 10.0. The summed E-state index contributed by atoms with van der Waals surface area (Å²) in [6.07, 6.45) is 2.96. The summed E-state index contributed by atoms with van der Waals surface area (Å²) in [4.78, 5) is 24.9. The summed E-state index contributed by atoms with van der Waals surface area (Å²) in [5.74, 6) is -0.731. The van der Waals surface area contributed by atoms with E-state index in [0.29, 0.717) is 22.3 Å². The van der Waals surface area contributed by atoms with Crippen molar-refractivity contribution in [2.24, 2.45) is 0 Å². The molecule has 7 nitrogen and oxygen atoms in total. The summed E-state index contributed by atoms with van der Waals surface area (Å²) in [6, 6.07) is 6.02. The van der Waals surface area contributed by atoms with Gasteiger partial charge in [-0.2, -0.15) is 4.72 Å². The SMILES string of the molecule is Cc1cc(C)c(C)c(S(=O)(=O)N[C@H](C)C(=O)OCc2cc(=O)oc3cc4c(cc23)CCC4)c1C. The highest BCUT2D eigenvalue weighted by atomic mass is 32.2. The van der Waals surface area contributed by atoms with Crippen LogP contribution in [0.5, 0.6) is 0 Å². The van der Waals surface area contributed by atoms with Crippen LogP contribution in [0.1, 0.15) is 52.3 Å². The first-order valence-corrected chi connectivity index (χ1v) is 12.8. The van der Waals surface area contributed by atoms with Gasteiger partial charge in [0, 0.05) is 17.0 Å². The largest absolute Gasteiger partial charge is 0.460 e. The second-order valence-electron chi connectivity index (χ2n) is 9.10. The maximum Gasteiger partial charge on any atom is 0.336 e. The number of aryl methyl sites for hydroxylation is 4. The molecule has 2 aromatic carbocycles. The van der Waals surface area contributed by atoms with Crippen LogP contribution in [-0.4, -0.2) is 20.4 Å². The molecule has 1 aliphatic rings. The molecule has 0 fully saturated rings. The van der Waals surface area contributed by atoms with E-state index in [1.807, 2.05) is 32.0 Å². The highest BCUT2D eigenvalue weighted by Gasteiger charge is 2.27. The minimum absolute atomic E-state index is 0.159. The zero-order valence-corrected chi connectivity index (χ0v) is 20.9. The third-order valence-corrected chi connectivity index (χ3v) is 8.48. The fourth-order valence-corrected chi connectivity index (χ4v) is 6.42. The fourth-order valence-electron chi connectivity index (χ4n) is 4.61. The molecule has 180 valence electrons. The number of sulfonamides is 1. The van der Waals surface area contributed by atoms with Crippen LogP contribution in [0.2, 0.25) is 0 Å². The van der Waals surface area contributed by atoms with Gasteiger partial charge >= 0.3 is 11.6 Å². The van der Waals surface area contributed by atoms with Crippen LogP contribution in [0.3, 0.4) is 0 Å². The van der Waals surface area contributed by atoms with Crippen LogP contribution in [0.4, 0.5) is 0 Å². The number of carbonyl (C=O) groups excluding carboxylic acids is 1. The Balaban J connectivity index is 1.53. The van der Waals surface area contributed by atoms with Gasteiger partial charge in [-0.05, 0) is 99.4 Å². The topological polar surface area (TPSA) is 103 Å². The number of carbonyl (C=O) groups is 1. The van der Waals surface area contributed by atoms with Crippen molar-refractivity contribution in [1.82, 2.24) is 4.72 Å². The van der Waals surface area contributed by atoms with Crippen LogP contribution >= 0.6 is 0 Å². The number of hydrogen-bond acceptors (Lipinski definition) is 6. The van der Waals surface area contributed by atoms with Gasteiger partial charge in [0.25, 0.3) is 0 Å². The van der Waals surface area contributed by atoms with Crippen molar-refractivity contribution in [2.45, 2.75) is 71.4 Å². The molecule has 0 spiro atoms. The van der Waals surface area contributed by atoms with E-state index in [4.69, 9.17) is 9.15 Å². The number of benzene rings is 2. The number of esters is 1. The van der Waals surface area contributed by atoms with Crippen LogP contribution in [-0.2, 0) is 39.0 Å². The summed E-state index contributed by atoms with van der Waals surface area (Å²) >= 11 is 0. The Labute approximate surface area is 199 Å². The molecule has 0 radical (unpaired) electrons. The second kappa shape index (κ2) is 9.00. The van der Waals surface area contributed by atoms with E-state index in [0.717, 1.165) is 35.8 Å². The van der Waals surface area contributed by atoms with Gasteiger partial charge in [-0.1, -0.05) is 6.07 Å². The van der Waals surface area contributed by atoms with Crippen LogP contribution < -0.4 is 10.3 Å². The van der Waals surface area contributed by atoms with Gasteiger partial charge in [-0.3, -0.25) is 4.79 Å². The zero-order valence-electron chi connectivity index (χ0n) is 20.1. The Bertz CT molecular complexity index is 1440. The van der Waals surface area contributed by atoms with Gasteiger partial charge in [0.1, 0.15) is 18.2 Å². The minimum atomic E-state index is -3.96. The lowest BCUT2D eigenvalue weighted by molar-refractivity contribution is -0.146. The van der Waals surface area contributed by atoms with Crippen LogP contribution in [0, 0.1) is 27.7 Å². The average Bonchev–Trinajstić information content (AvgIpc) is 3.21. The van der Waals surface area contributed by atoms with Crippen molar-refractivity contribution in [2.75, 3.05) is 0 Å². The normalized spacial score (nSPS) is 14.3. The van der Waals surface area contributed by atoms with E-state index in [1.54, 1.807) is 13.8 Å². The molecule has 0 amide bonds. The van der Waals surface area contributed by atoms with Crippen molar-refractivity contribution in [3.63, 3.8) is 0 Å². The highest BCUT2D eigenvalue weighted by Crippen LogP contribution is 2.29. The highest BCUT2D eigenvalue weighted by molar-refractivity contribution is 7.89. The maximum atomic E-state index is 13.1. The van der Waals surface area contributed by atoms with E-state index in [2.05, 4.69) is 4.72 Å². The Morgan fingerprint density at radius 3 is 2.29 bits per heavy atom. The molecule has 0 aliphatic heterocycles. The lowest BCUT2D eigenvalue weighted by Crippen LogP contribution is -2.40. The van der Waals surface area contributed by atoms with Crippen LogP contribution in [0.15, 0.2) is 38.4 Å². The van der Waals surface area contributed by atoms with Crippen molar-refractivity contribution in [3.8, 4) is 0 Å². The lowest BCUT2D eigenvalue weighted by Gasteiger charge is -2.19. The van der Waals surface area contributed by atoms with Crippen molar-refractivity contribution in [1.29, 1.82) is 0 Å². The molecule has 3 aromatic rings. The smallest absolute Gasteiger partial charge is 0.336 e. The average molecular weight is 484 g/mol. The summed E-state index contributed by atoms with van der Waals surface area (Å²) < 4.78 is 39.5. The van der Waals surface area contributed by atoms with Gasteiger partial charge in [0.05, 0.1) is 4.90 Å². The Morgan fingerprint density at radius 2 is 1.65 bits per heavy atom. The summed E-state index contributed by atoms with van der Waals surface area (Å²) in [6.45, 7) is 8.50. The molecule has 1 aromatic heterocycles. The first-order chi connectivity index (χ1) is 16.0. The Kier molecular flexibility index (Phi) is 6.40. The Hall–Kier alpha value is -2.97. The van der Waals surface area contributed by atoms with Gasteiger partial charge in [-0.15, -0.1) is 0 Å². The first kappa shape index (κ1) is 24.2. The molecule has 1 heterocycles. The number of rotatable bonds is 6. The van der Waals surface area contributed by atoms with Gasteiger partial charge in [0.2, 0.25) is 10.0 Å². The fraction of sp³-hybridized carbons (Fsp3) is 0.385. The van der Waals surface area contributed by atoms with Gasteiger partial charge in [-0.25, -0.2) is 13.2 Å². The third kappa shape index (κ3) is 4.52. The molecular weight excluding hydrogens is 454 g/mol. The molecule has 1 aliphatic carbocycles. The van der Waals surface area contributed by atoms with Crippen molar-refractivity contribution >= 4 is 27.0 Å². The number of fused-ring (bicyclic) bond motifs is 2. The molecule has 0 saturated carbocycles. The standard InChI is InChI=1S/C26H29NO6S/c1-14-9-15(2)17(4)25(16(14)3)34(30,31)27-18(5)26(29)32-13-21-12-24(28)33-23-11-20-8-6-7-19(20)10-22(21)23/h9-12,18,27H,6-8,13H2,1-5H3/t18-/m1/s1. The molecule has 1 N–H and O–H groups in total. The van der Waals surface area contributed by atoms with E-state index >= 15 is 0 Å². The monoisotopic (exact) mass is 483 g/mol. The number of nitrogens with one attached hydrogen (secondary N) is 1. The Morgan fingerprint density at radius 1 is 1.03 bits per heavy atom. The molecule has 34 heavy (non-hydrogen) atoms. The molecule has 0 bridgehead atoms. The van der Waals surface area contributed by atoms with E-state index in [9.17, 15) is 18.0 Å². The predicted octanol–water partition coefficient (Wildman–Crippen LogP) is 3.93. The number of hydrogen-bond donors (Lipinski definition) is 1. The van der Waals surface area contributed by atoms with E-state index in [-0.39, 0.29) is 11.5 Å². The summed E-state index contributed by atoms with van der Waals surface area (Å²) in [5, 5.41) is 0.725. The number of ether oxygens (including phenoxy) is 1. The molecule has 1 atom stereocenters. The zero-order chi connectivity index (χ0) is 24.8. The summed E-state index contributed by atoms with van der Waals surface area (Å²) in [5.41, 5.74) is 5.86. The molecule has 4 rings (SSSR count). The molecule has 0 unspecified atom stereocenters. The third-order valence-electron chi connectivity index (χ3n) is 6.66. The second-order valence-corrected chi connectivity index (χ2v) is 10.8. The molecular formula is C26H29NO6S. The quantitative estimate of drug-likeness (QED) is 0.421. The van der Waals surface area contributed by atoms with Crippen molar-refractivity contribution < 1.29 is 22.4 Å². The molecule has 8 heteroatoms. The molecule has 0 saturated heterocycles. The van der Waals surface area contributed by atoms with E-state index in [1.165, 1.54) is 24.1 Å². The van der Waals surface area contributed by atoms with E-state index < -0.39 is 27.7 Å². The first-order valence-electron chi connectivity index (χ1n) is 11.3. The minimum Gasteiger partial charge on any atom is -0.460 e. The van der Waals surface area contributed by atoms with Crippen molar-refractivity contribution in [3.05, 3.63) is 73.6 Å². The van der Waals surface area contributed by atoms with Crippen LogP contribution in [0.25, 0.3) is 11.0 Å². The maximum absolute atomic E-state index is 13.1.